The minimum atomic E-state index is 0.0609. The van der Waals surface area contributed by atoms with Gasteiger partial charge in [0.15, 0.2) is 5.78 Å². The van der Waals surface area contributed by atoms with Gasteiger partial charge in [0.2, 0.25) is 0 Å². The van der Waals surface area contributed by atoms with Gasteiger partial charge in [-0.25, -0.2) is 0 Å². The van der Waals surface area contributed by atoms with Crippen LogP contribution in [0.5, 0.6) is 0 Å². The molecule has 0 radical (unpaired) electrons. The van der Waals surface area contributed by atoms with Gasteiger partial charge in [-0.3, -0.25) is 4.79 Å². The van der Waals surface area contributed by atoms with Gasteiger partial charge in [0.05, 0.1) is 11.6 Å². The molecule has 0 spiro atoms. The van der Waals surface area contributed by atoms with E-state index in [1.807, 2.05) is 17.8 Å². The third-order valence-electron chi connectivity index (χ3n) is 3.44. The van der Waals surface area contributed by atoms with E-state index in [9.17, 15) is 4.79 Å². The summed E-state index contributed by atoms with van der Waals surface area (Å²) in [6.07, 6.45) is 1.13. The van der Waals surface area contributed by atoms with Crippen molar-refractivity contribution in [2.45, 2.75) is 25.5 Å². The summed E-state index contributed by atoms with van der Waals surface area (Å²) in [6.45, 7) is 5.67. The van der Waals surface area contributed by atoms with Crippen LogP contribution >= 0.6 is 11.8 Å². The summed E-state index contributed by atoms with van der Waals surface area (Å²) in [5.74, 6) is 1.14. The highest BCUT2D eigenvalue weighted by Gasteiger charge is 2.22. The number of thioether (sulfide) groups is 1. The normalized spacial score (nSPS) is 19.0. The van der Waals surface area contributed by atoms with Crippen LogP contribution in [0.3, 0.4) is 0 Å². The second-order valence-electron chi connectivity index (χ2n) is 4.75. The largest absolute Gasteiger partial charge is 0.369 e. The minimum absolute atomic E-state index is 0.0609. The summed E-state index contributed by atoms with van der Waals surface area (Å²) in [7, 11) is 0. The van der Waals surface area contributed by atoms with Gasteiger partial charge in [-0.05, 0) is 31.5 Å². The second-order valence-corrected chi connectivity index (χ2v) is 6.16. The van der Waals surface area contributed by atoms with Crippen LogP contribution in [0.25, 0.3) is 0 Å². The summed E-state index contributed by atoms with van der Waals surface area (Å²) in [4.78, 5) is 14.0. The van der Waals surface area contributed by atoms with Gasteiger partial charge in [0.1, 0.15) is 0 Å². The lowest BCUT2D eigenvalue weighted by atomic mass is 10.0. The van der Waals surface area contributed by atoms with Gasteiger partial charge in [-0.1, -0.05) is 6.92 Å². The Morgan fingerprint density at radius 3 is 3.00 bits per heavy atom. The lowest BCUT2D eigenvalue weighted by Gasteiger charge is -2.34. The van der Waals surface area contributed by atoms with E-state index in [0.29, 0.717) is 10.8 Å². The summed E-state index contributed by atoms with van der Waals surface area (Å²) < 4.78 is 0. The predicted octanol–water partition coefficient (Wildman–Crippen LogP) is 3.09. The molecule has 0 bridgehead atoms. The van der Waals surface area contributed by atoms with E-state index in [1.54, 1.807) is 19.1 Å². The molecule has 19 heavy (non-hydrogen) atoms. The molecule has 1 fully saturated rings. The first kappa shape index (κ1) is 14.0. The van der Waals surface area contributed by atoms with Crippen LogP contribution in [-0.2, 0) is 0 Å². The average molecular weight is 274 g/mol. The van der Waals surface area contributed by atoms with E-state index in [-0.39, 0.29) is 5.78 Å². The Balaban J connectivity index is 2.36. The van der Waals surface area contributed by atoms with Crippen molar-refractivity contribution in [2.24, 2.45) is 0 Å². The molecule has 100 valence electrons. The maximum Gasteiger partial charge on any atom is 0.161 e. The third kappa shape index (κ3) is 3.10. The van der Waals surface area contributed by atoms with E-state index in [4.69, 9.17) is 5.26 Å². The Bertz CT molecular complexity index is 521. The Hall–Kier alpha value is -1.47. The minimum Gasteiger partial charge on any atom is -0.369 e. The third-order valence-corrected chi connectivity index (χ3v) is 4.81. The molecule has 4 heteroatoms. The van der Waals surface area contributed by atoms with Crippen LogP contribution in [0.1, 0.15) is 36.2 Å². The molecular formula is C15H18N2OS. The number of carbonyl (C=O) groups is 1. The van der Waals surface area contributed by atoms with Crippen molar-refractivity contribution in [3.8, 4) is 6.07 Å². The number of ketones is 1. The van der Waals surface area contributed by atoms with Crippen LogP contribution in [-0.4, -0.2) is 29.9 Å². The fraction of sp³-hybridized carbons (Fsp3) is 0.467. The van der Waals surface area contributed by atoms with E-state index >= 15 is 0 Å². The van der Waals surface area contributed by atoms with E-state index in [1.165, 1.54) is 0 Å². The van der Waals surface area contributed by atoms with Crippen LogP contribution in [0, 0.1) is 11.3 Å². The number of carbonyl (C=O) groups excluding carboxylic acids is 1. The average Bonchev–Trinajstić information content (AvgIpc) is 2.46. The zero-order valence-electron chi connectivity index (χ0n) is 11.3. The van der Waals surface area contributed by atoms with Crippen molar-refractivity contribution in [2.75, 3.05) is 23.7 Å². The van der Waals surface area contributed by atoms with Crippen molar-refractivity contribution in [3.05, 3.63) is 29.3 Å². The number of nitriles is 1. The molecule has 1 saturated heterocycles. The molecule has 3 nitrogen and oxygen atoms in total. The van der Waals surface area contributed by atoms with E-state index in [0.717, 1.165) is 36.5 Å². The monoisotopic (exact) mass is 274 g/mol. The van der Waals surface area contributed by atoms with Gasteiger partial charge in [-0.15, -0.1) is 0 Å². The molecule has 1 aromatic carbocycles. The molecule has 0 aromatic heterocycles. The van der Waals surface area contributed by atoms with Crippen molar-refractivity contribution in [1.29, 1.82) is 5.26 Å². The first-order valence-electron chi connectivity index (χ1n) is 6.57. The summed E-state index contributed by atoms with van der Waals surface area (Å²) in [5, 5.41) is 9.64. The first-order valence-corrected chi connectivity index (χ1v) is 7.62. The number of rotatable bonds is 3. The highest BCUT2D eigenvalue weighted by Crippen LogP contribution is 2.29. The Morgan fingerprint density at radius 2 is 2.37 bits per heavy atom. The highest BCUT2D eigenvalue weighted by atomic mass is 32.2. The van der Waals surface area contributed by atoms with Crippen molar-refractivity contribution >= 4 is 23.2 Å². The maximum atomic E-state index is 11.7. The van der Waals surface area contributed by atoms with Gasteiger partial charge < -0.3 is 4.90 Å². The van der Waals surface area contributed by atoms with Crippen LogP contribution in [0.4, 0.5) is 5.69 Å². The molecule has 0 saturated carbocycles. The number of nitrogens with zero attached hydrogens (tertiary/aromatic N) is 2. The van der Waals surface area contributed by atoms with Crippen molar-refractivity contribution < 1.29 is 4.79 Å². The molecule has 0 N–H and O–H groups in total. The smallest absolute Gasteiger partial charge is 0.161 e. The molecule has 1 atom stereocenters. The fourth-order valence-corrected chi connectivity index (χ4v) is 3.53. The molecule has 1 aliphatic heterocycles. The summed E-state index contributed by atoms with van der Waals surface area (Å²) in [5.41, 5.74) is 2.26. The lowest BCUT2D eigenvalue weighted by molar-refractivity contribution is 0.101. The van der Waals surface area contributed by atoms with Crippen molar-refractivity contribution in [1.82, 2.24) is 0 Å². The quantitative estimate of drug-likeness (QED) is 0.794. The standard InChI is InChI=1S/C15H18N2OS/c1-3-13-10-17(6-7-19-13)15-8-12(9-16)4-5-14(15)11(2)18/h4-5,8,13H,3,6-7,10H2,1-2H3. The van der Waals surface area contributed by atoms with Crippen molar-refractivity contribution in [3.63, 3.8) is 0 Å². The number of benzene rings is 1. The molecule has 0 amide bonds. The number of anilines is 1. The Morgan fingerprint density at radius 1 is 1.58 bits per heavy atom. The van der Waals surface area contributed by atoms with E-state index < -0.39 is 0 Å². The molecule has 1 heterocycles. The van der Waals surface area contributed by atoms with Crippen LogP contribution in [0.2, 0.25) is 0 Å². The predicted molar refractivity (Wildman–Crippen MR) is 79.9 cm³/mol. The summed E-state index contributed by atoms with van der Waals surface area (Å²) in [6, 6.07) is 7.50. The molecule has 1 aromatic rings. The zero-order chi connectivity index (χ0) is 13.8. The Labute approximate surface area is 118 Å². The first-order chi connectivity index (χ1) is 9.15. The van der Waals surface area contributed by atoms with Gasteiger partial charge in [0.25, 0.3) is 0 Å². The second kappa shape index (κ2) is 6.12. The lowest BCUT2D eigenvalue weighted by Crippen LogP contribution is -2.38. The number of hydrogen-bond acceptors (Lipinski definition) is 4. The Kier molecular flexibility index (Phi) is 4.49. The zero-order valence-corrected chi connectivity index (χ0v) is 12.2. The molecule has 1 aliphatic rings. The van der Waals surface area contributed by atoms with Gasteiger partial charge in [-0.2, -0.15) is 17.0 Å². The highest BCUT2D eigenvalue weighted by molar-refractivity contribution is 8.00. The van der Waals surface area contributed by atoms with Crippen LogP contribution < -0.4 is 4.90 Å². The summed E-state index contributed by atoms with van der Waals surface area (Å²) >= 11 is 1.99. The topological polar surface area (TPSA) is 44.1 Å². The van der Waals surface area contributed by atoms with Gasteiger partial charge in [0, 0.05) is 35.3 Å². The van der Waals surface area contributed by atoms with E-state index in [2.05, 4.69) is 17.9 Å². The number of hydrogen-bond donors (Lipinski definition) is 0. The molecular weight excluding hydrogens is 256 g/mol. The molecule has 1 unspecified atom stereocenters. The molecule has 0 aliphatic carbocycles. The van der Waals surface area contributed by atoms with Crippen LogP contribution in [0.15, 0.2) is 18.2 Å². The SMILES string of the molecule is CCC1CN(c2cc(C#N)ccc2C(C)=O)CCS1. The number of Topliss-reactive ketones (excluding diaryl/α,β-unsaturated/α-hetero) is 1. The van der Waals surface area contributed by atoms with Gasteiger partial charge >= 0.3 is 0 Å². The fourth-order valence-electron chi connectivity index (χ4n) is 2.35. The maximum absolute atomic E-state index is 11.7. The molecule has 2 rings (SSSR count).